The highest BCUT2D eigenvalue weighted by molar-refractivity contribution is 7.88. The summed E-state index contributed by atoms with van der Waals surface area (Å²) in [5.74, 6) is 0. The monoisotopic (exact) mass is 396 g/mol. The summed E-state index contributed by atoms with van der Waals surface area (Å²) >= 11 is 12.0. The van der Waals surface area contributed by atoms with E-state index < -0.39 is 21.7 Å². The van der Waals surface area contributed by atoms with E-state index >= 15 is 0 Å². The molecular formula is C14H18Cl2N2O5S. The van der Waals surface area contributed by atoms with Crippen LogP contribution in [0.1, 0.15) is 12.0 Å². The Kier molecular flexibility index (Phi) is 5.98. The molecule has 0 spiro atoms. The van der Waals surface area contributed by atoms with Gasteiger partial charge in [0.1, 0.15) is 5.60 Å². The van der Waals surface area contributed by atoms with Gasteiger partial charge in [0.25, 0.3) is 0 Å². The fourth-order valence-electron chi connectivity index (χ4n) is 2.54. The minimum atomic E-state index is -3.45. The number of sulfonamides is 1. The summed E-state index contributed by atoms with van der Waals surface area (Å²) < 4.78 is 31.4. The van der Waals surface area contributed by atoms with Gasteiger partial charge in [-0.3, -0.25) is 0 Å². The number of benzene rings is 1. The lowest BCUT2D eigenvalue weighted by molar-refractivity contribution is -0.0385. The van der Waals surface area contributed by atoms with E-state index in [0.717, 1.165) is 6.26 Å². The van der Waals surface area contributed by atoms with Gasteiger partial charge in [0.05, 0.1) is 22.9 Å². The maximum atomic E-state index is 11.5. The van der Waals surface area contributed by atoms with E-state index in [-0.39, 0.29) is 32.7 Å². The molecule has 24 heavy (non-hydrogen) atoms. The van der Waals surface area contributed by atoms with Crippen LogP contribution >= 0.6 is 23.2 Å². The predicted octanol–water partition coefficient (Wildman–Crippen LogP) is 2.14. The van der Waals surface area contributed by atoms with Crippen LogP contribution < -0.4 is 4.72 Å². The van der Waals surface area contributed by atoms with Crippen LogP contribution in [0, 0.1) is 0 Å². The fraction of sp³-hybridized carbons (Fsp3) is 0.500. The Morgan fingerprint density at radius 2 is 2.08 bits per heavy atom. The number of ether oxygens (including phenoxy) is 1. The Hall–Kier alpha value is -1.06. The molecule has 0 aliphatic carbocycles. The molecule has 1 aromatic carbocycles. The summed E-state index contributed by atoms with van der Waals surface area (Å²) in [4.78, 5) is 12.4. The van der Waals surface area contributed by atoms with Crippen molar-refractivity contribution < 1.29 is 23.1 Å². The summed E-state index contributed by atoms with van der Waals surface area (Å²) in [6, 6.07) is 4.92. The Balaban J connectivity index is 2.37. The van der Waals surface area contributed by atoms with Gasteiger partial charge in [-0.2, -0.15) is 0 Å². The first-order valence-electron chi connectivity index (χ1n) is 7.15. The molecule has 1 saturated heterocycles. The van der Waals surface area contributed by atoms with Gasteiger partial charge >= 0.3 is 6.09 Å². The third-order valence-electron chi connectivity index (χ3n) is 3.86. The first-order valence-corrected chi connectivity index (χ1v) is 9.80. The van der Waals surface area contributed by atoms with Crippen molar-refractivity contribution in [3.8, 4) is 0 Å². The first kappa shape index (κ1) is 19.3. The van der Waals surface area contributed by atoms with Gasteiger partial charge < -0.3 is 14.7 Å². The van der Waals surface area contributed by atoms with Gasteiger partial charge in [-0.1, -0.05) is 29.3 Å². The number of carboxylic acid groups (broad SMARTS) is 1. The highest BCUT2D eigenvalue weighted by atomic mass is 35.5. The lowest BCUT2D eigenvalue weighted by Gasteiger charge is -2.33. The molecule has 1 atom stereocenters. The SMILES string of the molecule is CS(=O)(=O)NC[C@@]1(c2ccc(Cl)c(Cl)c2)CCN(C(=O)O)CCO1. The molecule has 2 N–H and O–H groups in total. The minimum Gasteiger partial charge on any atom is -0.465 e. The van der Waals surface area contributed by atoms with Crippen LogP contribution in [0.25, 0.3) is 0 Å². The Labute approximate surface area is 150 Å². The Morgan fingerprint density at radius 1 is 1.38 bits per heavy atom. The van der Waals surface area contributed by atoms with Crippen molar-refractivity contribution in [3.05, 3.63) is 33.8 Å². The second kappa shape index (κ2) is 7.45. The molecule has 0 saturated carbocycles. The maximum absolute atomic E-state index is 11.5. The van der Waals surface area contributed by atoms with Crippen LogP contribution in [0.15, 0.2) is 18.2 Å². The number of carbonyl (C=O) groups is 1. The number of nitrogens with one attached hydrogen (secondary N) is 1. The highest BCUT2D eigenvalue weighted by Crippen LogP contribution is 2.35. The molecule has 0 aromatic heterocycles. The molecule has 1 amide bonds. The number of nitrogens with zero attached hydrogens (tertiary/aromatic N) is 1. The smallest absolute Gasteiger partial charge is 0.407 e. The van der Waals surface area contributed by atoms with Crippen molar-refractivity contribution in [2.75, 3.05) is 32.5 Å². The summed E-state index contributed by atoms with van der Waals surface area (Å²) in [6.07, 6.45) is 0.287. The van der Waals surface area contributed by atoms with Gasteiger partial charge in [-0.05, 0) is 24.1 Å². The van der Waals surface area contributed by atoms with Crippen molar-refractivity contribution >= 4 is 39.3 Å². The summed E-state index contributed by atoms with van der Waals surface area (Å²) in [7, 11) is -3.45. The standard InChI is InChI=1S/C14H18Cl2N2O5S/c1-24(21,22)17-9-14(10-2-3-11(15)12(16)8-10)4-5-18(13(19)20)6-7-23-14/h2-3,8,17H,4-7,9H2,1H3,(H,19,20)/t14-/m1/s1. The van der Waals surface area contributed by atoms with Crippen molar-refractivity contribution in [2.24, 2.45) is 0 Å². The van der Waals surface area contributed by atoms with Crippen molar-refractivity contribution in [2.45, 2.75) is 12.0 Å². The van der Waals surface area contributed by atoms with Crippen molar-refractivity contribution in [1.82, 2.24) is 9.62 Å². The molecule has 1 aromatic rings. The molecule has 1 aliphatic rings. The average Bonchev–Trinajstić information content (AvgIpc) is 2.71. The molecular weight excluding hydrogens is 379 g/mol. The largest absolute Gasteiger partial charge is 0.465 e. The second-order valence-electron chi connectivity index (χ2n) is 5.58. The van der Waals surface area contributed by atoms with Gasteiger partial charge in [0, 0.05) is 19.6 Å². The average molecular weight is 397 g/mol. The van der Waals surface area contributed by atoms with Crippen LogP contribution in [-0.2, 0) is 20.4 Å². The summed E-state index contributed by atoms with van der Waals surface area (Å²) in [6.45, 7) is 0.521. The number of amides is 1. The van der Waals surface area contributed by atoms with E-state index in [1.54, 1.807) is 18.2 Å². The molecule has 10 heteroatoms. The number of rotatable bonds is 4. The van der Waals surface area contributed by atoms with E-state index in [9.17, 15) is 13.2 Å². The predicted molar refractivity (Wildman–Crippen MR) is 91.2 cm³/mol. The third kappa shape index (κ3) is 4.73. The second-order valence-corrected chi connectivity index (χ2v) is 8.23. The maximum Gasteiger partial charge on any atom is 0.407 e. The first-order chi connectivity index (χ1) is 11.1. The third-order valence-corrected chi connectivity index (χ3v) is 5.27. The highest BCUT2D eigenvalue weighted by Gasteiger charge is 2.37. The van der Waals surface area contributed by atoms with Crippen LogP contribution in [0.3, 0.4) is 0 Å². The lowest BCUT2D eigenvalue weighted by Crippen LogP contribution is -2.43. The summed E-state index contributed by atoms with van der Waals surface area (Å²) in [5, 5.41) is 9.85. The topological polar surface area (TPSA) is 95.9 Å². The Bertz CT molecular complexity index is 728. The van der Waals surface area contributed by atoms with Crippen molar-refractivity contribution in [1.29, 1.82) is 0 Å². The van der Waals surface area contributed by atoms with E-state index in [0.29, 0.717) is 15.6 Å². The van der Waals surface area contributed by atoms with Crippen LogP contribution in [0.2, 0.25) is 10.0 Å². The van der Waals surface area contributed by atoms with E-state index in [1.807, 2.05) is 0 Å². The molecule has 1 heterocycles. The fourth-order valence-corrected chi connectivity index (χ4v) is 3.33. The lowest BCUT2D eigenvalue weighted by atomic mass is 9.90. The van der Waals surface area contributed by atoms with E-state index in [1.165, 1.54) is 4.90 Å². The molecule has 1 aliphatic heterocycles. The molecule has 7 nitrogen and oxygen atoms in total. The number of hydrogen-bond donors (Lipinski definition) is 2. The van der Waals surface area contributed by atoms with E-state index in [2.05, 4.69) is 4.72 Å². The van der Waals surface area contributed by atoms with Crippen molar-refractivity contribution in [3.63, 3.8) is 0 Å². The zero-order valence-corrected chi connectivity index (χ0v) is 15.3. The minimum absolute atomic E-state index is 0.0305. The zero-order valence-electron chi connectivity index (χ0n) is 13.0. The van der Waals surface area contributed by atoms with Crippen LogP contribution in [-0.4, -0.2) is 57.0 Å². The van der Waals surface area contributed by atoms with E-state index in [4.69, 9.17) is 33.0 Å². The van der Waals surface area contributed by atoms with Gasteiger partial charge in [0.2, 0.25) is 10.0 Å². The quantitative estimate of drug-likeness (QED) is 0.812. The molecule has 2 rings (SSSR count). The van der Waals surface area contributed by atoms with Gasteiger partial charge in [-0.15, -0.1) is 0 Å². The number of halogens is 2. The van der Waals surface area contributed by atoms with Crippen LogP contribution in [0.5, 0.6) is 0 Å². The molecule has 134 valence electrons. The molecule has 0 bridgehead atoms. The Morgan fingerprint density at radius 3 is 2.67 bits per heavy atom. The molecule has 0 radical (unpaired) electrons. The normalized spacial score (nSPS) is 22.2. The molecule has 0 unspecified atom stereocenters. The zero-order chi connectivity index (χ0) is 18.0. The number of hydrogen-bond acceptors (Lipinski definition) is 4. The van der Waals surface area contributed by atoms with Gasteiger partial charge in [0.15, 0.2) is 0 Å². The molecule has 1 fully saturated rings. The van der Waals surface area contributed by atoms with Crippen LogP contribution in [0.4, 0.5) is 4.79 Å². The van der Waals surface area contributed by atoms with Gasteiger partial charge in [-0.25, -0.2) is 17.9 Å². The summed E-state index contributed by atoms with van der Waals surface area (Å²) in [5.41, 5.74) is -0.387.